The van der Waals surface area contributed by atoms with Gasteiger partial charge in [-0.25, -0.2) is 10.6 Å². The second-order valence-electron chi connectivity index (χ2n) is 4.71. The Kier molecular flexibility index (Phi) is 11.3. The van der Waals surface area contributed by atoms with Crippen LogP contribution in [0.2, 0.25) is 0 Å². The molecule has 0 aliphatic heterocycles. The van der Waals surface area contributed by atoms with Gasteiger partial charge in [0.05, 0.1) is 0 Å². The molecule has 0 aromatic rings. The van der Waals surface area contributed by atoms with E-state index >= 15 is 0 Å². The minimum atomic E-state index is -3.49. The Labute approximate surface area is 106 Å². The largest absolute Gasteiger partial charge is 0.335 e. The summed E-state index contributed by atoms with van der Waals surface area (Å²) >= 11 is 0. The molecule has 104 valence electrons. The first-order chi connectivity index (χ1) is 8.06. The van der Waals surface area contributed by atoms with Crippen LogP contribution in [-0.4, -0.2) is 11.4 Å². The van der Waals surface area contributed by atoms with Gasteiger partial charge in [0.15, 0.2) is 0 Å². The summed E-state index contributed by atoms with van der Waals surface area (Å²) in [6.07, 6.45) is 12.6. The summed E-state index contributed by atoms with van der Waals surface area (Å²) in [4.78, 5) is 8.78. The molecule has 0 rings (SSSR count). The molecule has 0 aliphatic carbocycles. The van der Waals surface area contributed by atoms with Gasteiger partial charge in [0, 0.05) is 6.54 Å². The minimum Gasteiger partial charge on any atom is -0.322 e. The standard InChI is InChI=1S/C12H29N2O2P/c1-2-3-4-5-6-7-8-9-10-11-12-14-17(13,15)16/h2-12H2,1H3,(H4,13,14,15,16). The van der Waals surface area contributed by atoms with Gasteiger partial charge in [0.1, 0.15) is 0 Å². The molecule has 1 unspecified atom stereocenters. The van der Waals surface area contributed by atoms with Gasteiger partial charge < -0.3 is 4.89 Å². The Morgan fingerprint density at radius 1 is 0.941 bits per heavy atom. The molecule has 17 heavy (non-hydrogen) atoms. The van der Waals surface area contributed by atoms with Crippen LogP contribution in [0.5, 0.6) is 0 Å². The number of hydrogen-bond acceptors (Lipinski definition) is 1. The van der Waals surface area contributed by atoms with E-state index in [-0.39, 0.29) is 0 Å². The normalized spacial score (nSPS) is 14.8. The van der Waals surface area contributed by atoms with Gasteiger partial charge in [0.25, 0.3) is 0 Å². The lowest BCUT2D eigenvalue weighted by molar-refractivity contribution is 0.461. The summed E-state index contributed by atoms with van der Waals surface area (Å²) < 4.78 is 10.7. The van der Waals surface area contributed by atoms with Crippen molar-refractivity contribution in [2.75, 3.05) is 6.54 Å². The fourth-order valence-electron chi connectivity index (χ4n) is 1.85. The van der Waals surface area contributed by atoms with Crippen molar-refractivity contribution in [1.29, 1.82) is 0 Å². The lowest BCUT2D eigenvalue weighted by Crippen LogP contribution is -2.16. The van der Waals surface area contributed by atoms with Gasteiger partial charge in [-0.1, -0.05) is 64.7 Å². The van der Waals surface area contributed by atoms with Crippen molar-refractivity contribution in [3.8, 4) is 0 Å². The van der Waals surface area contributed by atoms with E-state index in [1.54, 1.807) is 0 Å². The molecule has 5 heteroatoms. The minimum absolute atomic E-state index is 0.542. The first-order valence-corrected chi connectivity index (χ1v) is 8.65. The highest BCUT2D eigenvalue weighted by molar-refractivity contribution is 7.53. The van der Waals surface area contributed by atoms with Crippen LogP contribution in [0.4, 0.5) is 0 Å². The van der Waals surface area contributed by atoms with Crippen molar-refractivity contribution in [1.82, 2.24) is 5.09 Å². The summed E-state index contributed by atoms with van der Waals surface area (Å²) in [5.41, 5.74) is 4.96. The molecule has 0 saturated carbocycles. The van der Waals surface area contributed by atoms with Gasteiger partial charge in [-0.05, 0) is 6.42 Å². The van der Waals surface area contributed by atoms with Crippen molar-refractivity contribution >= 4 is 7.67 Å². The molecule has 4 nitrogen and oxygen atoms in total. The number of unbranched alkanes of at least 4 members (excludes halogenated alkanes) is 9. The van der Waals surface area contributed by atoms with Gasteiger partial charge in [-0.2, -0.15) is 0 Å². The highest BCUT2D eigenvalue weighted by Gasteiger charge is 2.06. The number of hydrogen-bond donors (Lipinski definition) is 3. The van der Waals surface area contributed by atoms with Crippen molar-refractivity contribution < 1.29 is 9.46 Å². The SMILES string of the molecule is CCCCCCCCCCCCNP(N)(=O)O. The molecule has 0 aliphatic rings. The van der Waals surface area contributed by atoms with Crippen molar-refractivity contribution in [2.24, 2.45) is 5.50 Å². The third-order valence-corrected chi connectivity index (χ3v) is 3.55. The average molecular weight is 264 g/mol. The van der Waals surface area contributed by atoms with Crippen molar-refractivity contribution in [2.45, 2.75) is 71.1 Å². The molecule has 0 saturated heterocycles. The Balaban J connectivity index is 3.01. The molecule has 0 amide bonds. The van der Waals surface area contributed by atoms with Crippen molar-refractivity contribution in [3.05, 3.63) is 0 Å². The number of nitrogens with two attached hydrogens (primary N) is 1. The van der Waals surface area contributed by atoms with E-state index in [2.05, 4.69) is 12.0 Å². The molecule has 0 fully saturated rings. The van der Waals surface area contributed by atoms with Crippen LogP contribution in [-0.2, 0) is 4.57 Å². The van der Waals surface area contributed by atoms with E-state index in [1.807, 2.05) is 0 Å². The van der Waals surface area contributed by atoms with E-state index in [4.69, 9.17) is 10.4 Å². The summed E-state index contributed by atoms with van der Waals surface area (Å²) in [7, 11) is -3.49. The zero-order chi connectivity index (χ0) is 13.0. The van der Waals surface area contributed by atoms with E-state index in [9.17, 15) is 4.57 Å². The molecule has 0 heterocycles. The Morgan fingerprint density at radius 2 is 1.35 bits per heavy atom. The molecule has 4 N–H and O–H groups in total. The maximum Gasteiger partial charge on any atom is 0.335 e. The molecular weight excluding hydrogens is 235 g/mol. The smallest absolute Gasteiger partial charge is 0.322 e. The van der Waals surface area contributed by atoms with Crippen LogP contribution in [0.1, 0.15) is 71.1 Å². The lowest BCUT2D eigenvalue weighted by Gasteiger charge is -2.06. The first-order valence-electron chi connectivity index (χ1n) is 6.93. The summed E-state index contributed by atoms with van der Waals surface area (Å²) in [6, 6.07) is 0. The second-order valence-corrected chi connectivity index (χ2v) is 6.28. The predicted octanol–water partition coefficient (Wildman–Crippen LogP) is 3.56. The molecule has 0 aromatic carbocycles. The van der Waals surface area contributed by atoms with E-state index in [1.165, 1.54) is 51.4 Å². The quantitative estimate of drug-likeness (QED) is 0.372. The summed E-state index contributed by atoms with van der Waals surface area (Å²) in [5, 5.41) is 2.44. The monoisotopic (exact) mass is 264 g/mol. The summed E-state index contributed by atoms with van der Waals surface area (Å²) in [5.74, 6) is 0. The maximum absolute atomic E-state index is 10.7. The molecule has 1 atom stereocenters. The topological polar surface area (TPSA) is 75.3 Å². The Bertz CT molecular complexity index is 207. The molecule has 0 aromatic heterocycles. The second kappa shape index (κ2) is 11.2. The number of nitrogens with one attached hydrogen (secondary N) is 1. The third kappa shape index (κ3) is 16.1. The van der Waals surface area contributed by atoms with Gasteiger partial charge >= 0.3 is 7.67 Å². The fourth-order valence-corrected chi connectivity index (χ4v) is 2.33. The van der Waals surface area contributed by atoms with Crippen LogP contribution in [0.15, 0.2) is 0 Å². The fraction of sp³-hybridized carbons (Fsp3) is 1.00. The predicted molar refractivity (Wildman–Crippen MR) is 73.9 cm³/mol. The molecule has 0 bridgehead atoms. The van der Waals surface area contributed by atoms with Gasteiger partial charge in [-0.3, -0.25) is 4.57 Å². The van der Waals surface area contributed by atoms with E-state index in [0.29, 0.717) is 6.54 Å². The zero-order valence-corrected chi connectivity index (χ0v) is 12.1. The van der Waals surface area contributed by atoms with Crippen LogP contribution in [0, 0.1) is 0 Å². The highest BCUT2D eigenvalue weighted by atomic mass is 31.2. The third-order valence-electron chi connectivity index (χ3n) is 2.87. The molecule has 0 spiro atoms. The van der Waals surface area contributed by atoms with E-state index in [0.717, 1.165) is 12.8 Å². The van der Waals surface area contributed by atoms with Crippen LogP contribution >= 0.6 is 7.67 Å². The average Bonchev–Trinajstić information content (AvgIpc) is 2.24. The molecular formula is C12H29N2O2P. The van der Waals surface area contributed by atoms with Crippen LogP contribution in [0.3, 0.4) is 0 Å². The van der Waals surface area contributed by atoms with E-state index < -0.39 is 7.67 Å². The maximum atomic E-state index is 10.7. The van der Waals surface area contributed by atoms with Crippen molar-refractivity contribution in [3.63, 3.8) is 0 Å². The summed E-state index contributed by atoms with van der Waals surface area (Å²) in [6.45, 7) is 2.78. The van der Waals surface area contributed by atoms with Crippen LogP contribution in [0.25, 0.3) is 0 Å². The van der Waals surface area contributed by atoms with Gasteiger partial charge in [-0.15, -0.1) is 0 Å². The molecule has 0 radical (unpaired) electrons. The Hall–Kier alpha value is 0.110. The first kappa shape index (κ1) is 17.1. The van der Waals surface area contributed by atoms with Crippen LogP contribution < -0.4 is 10.6 Å². The zero-order valence-electron chi connectivity index (χ0n) is 11.2. The number of rotatable bonds is 12. The highest BCUT2D eigenvalue weighted by Crippen LogP contribution is 2.22. The van der Waals surface area contributed by atoms with Gasteiger partial charge in [0.2, 0.25) is 0 Å². The lowest BCUT2D eigenvalue weighted by atomic mass is 10.1. The Morgan fingerprint density at radius 3 is 1.76 bits per heavy atom.